The minimum atomic E-state index is 0.512. The molecule has 0 aliphatic heterocycles. The molecule has 3 N–H and O–H groups in total. The zero-order valence-corrected chi connectivity index (χ0v) is 13.5. The molecule has 122 valence electrons. The molecule has 0 saturated carbocycles. The Morgan fingerprint density at radius 1 is 1.12 bits per heavy atom. The van der Waals surface area contributed by atoms with Crippen LogP contribution < -0.4 is 11.1 Å². The van der Waals surface area contributed by atoms with Gasteiger partial charge in [0.1, 0.15) is 0 Å². The summed E-state index contributed by atoms with van der Waals surface area (Å²) in [4.78, 5) is 9.43. The van der Waals surface area contributed by atoms with Gasteiger partial charge in [0.25, 0.3) is 0 Å². The van der Waals surface area contributed by atoms with E-state index in [2.05, 4.69) is 16.4 Å². The second-order valence-electron chi connectivity index (χ2n) is 5.68. The van der Waals surface area contributed by atoms with E-state index in [4.69, 9.17) is 16.0 Å². The van der Waals surface area contributed by atoms with Crippen molar-refractivity contribution in [2.24, 2.45) is 5.73 Å². The van der Waals surface area contributed by atoms with Crippen LogP contribution in [0, 0.1) is 11.3 Å². The second-order valence-corrected chi connectivity index (χ2v) is 5.68. The van der Waals surface area contributed by atoms with Crippen molar-refractivity contribution in [2.75, 3.05) is 18.4 Å². The van der Waals surface area contributed by atoms with Crippen molar-refractivity contribution in [1.29, 1.82) is 5.26 Å². The number of anilines is 1. The Bertz CT molecular complexity index is 1110. The fourth-order valence-corrected chi connectivity index (χ4v) is 2.86. The molecule has 2 aromatic carbocycles. The molecule has 0 amide bonds. The molecule has 6 nitrogen and oxygen atoms in total. The van der Waals surface area contributed by atoms with Crippen LogP contribution in [-0.4, -0.2) is 27.5 Å². The van der Waals surface area contributed by atoms with Crippen molar-refractivity contribution in [2.45, 2.75) is 0 Å². The van der Waals surface area contributed by atoms with Gasteiger partial charge in [0.05, 0.1) is 28.4 Å². The summed E-state index contributed by atoms with van der Waals surface area (Å²) in [6.07, 6.45) is 1.98. The topological polar surface area (TPSA) is 92.0 Å². The zero-order valence-electron chi connectivity index (χ0n) is 13.5. The molecule has 6 heteroatoms. The molecule has 0 aliphatic rings. The van der Waals surface area contributed by atoms with Crippen LogP contribution in [-0.2, 0) is 0 Å². The Hall–Kier alpha value is -3.43. The van der Waals surface area contributed by atoms with Gasteiger partial charge in [-0.05, 0) is 24.3 Å². The summed E-state index contributed by atoms with van der Waals surface area (Å²) < 4.78 is 2.02. The van der Waals surface area contributed by atoms with Crippen LogP contribution in [0.25, 0.3) is 27.9 Å². The summed E-state index contributed by atoms with van der Waals surface area (Å²) >= 11 is 0. The number of benzene rings is 2. The molecule has 0 spiro atoms. The molecule has 4 aromatic rings. The first kappa shape index (κ1) is 15.1. The van der Waals surface area contributed by atoms with Crippen LogP contribution in [0.3, 0.4) is 0 Å². The van der Waals surface area contributed by atoms with Gasteiger partial charge in [-0.15, -0.1) is 0 Å². The summed E-state index contributed by atoms with van der Waals surface area (Å²) in [5.41, 5.74) is 10.5. The van der Waals surface area contributed by atoms with Crippen molar-refractivity contribution in [1.82, 2.24) is 14.4 Å². The Morgan fingerprint density at radius 3 is 2.84 bits per heavy atom. The first-order valence-electron chi connectivity index (χ1n) is 8.02. The van der Waals surface area contributed by atoms with E-state index in [1.807, 2.05) is 53.1 Å². The van der Waals surface area contributed by atoms with E-state index in [-0.39, 0.29) is 0 Å². The summed E-state index contributed by atoms with van der Waals surface area (Å²) in [5, 5.41) is 12.4. The molecule has 0 radical (unpaired) electrons. The minimum Gasteiger partial charge on any atom is -0.366 e. The van der Waals surface area contributed by atoms with Gasteiger partial charge in [-0.2, -0.15) is 5.26 Å². The van der Waals surface area contributed by atoms with Crippen molar-refractivity contribution < 1.29 is 0 Å². The summed E-state index contributed by atoms with van der Waals surface area (Å²) in [7, 11) is 0. The van der Waals surface area contributed by atoms with Gasteiger partial charge in [0.15, 0.2) is 11.5 Å². The van der Waals surface area contributed by atoms with E-state index in [1.54, 1.807) is 6.07 Å². The van der Waals surface area contributed by atoms with E-state index in [1.165, 1.54) is 0 Å². The van der Waals surface area contributed by atoms with Gasteiger partial charge in [-0.25, -0.2) is 9.97 Å². The quantitative estimate of drug-likeness (QED) is 0.601. The number of hydrogen-bond acceptors (Lipinski definition) is 5. The third-order valence-electron chi connectivity index (χ3n) is 4.02. The monoisotopic (exact) mass is 328 g/mol. The number of nitrogens with two attached hydrogens (primary N) is 1. The van der Waals surface area contributed by atoms with Gasteiger partial charge in [-0.3, -0.25) is 4.40 Å². The van der Waals surface area contributed by atoms with Gasteiger partial charge < -0.3 is 11.1 Å². The van der Waals surface area contributed by atoms with E-state index < -0.39 is 0 Å². The lowest BCUT2D eigenvalue weighted by Crippen LogP contribution is -2.14. The first-order valence-corrected chi connectivity index (χ1v) is 8.02. The standard InChI is InChI=1S/C19H16N6/c20-8-9-22-18-19-24-16(14-5-3-4-13(10-14)11-21)12-25(19)17-7-2-1-6-15(17)23-18/h1-7,10,12H,8-9,20H2,(H,22,23). The van der Waals surface area contributed by atoms with Crippen LogP contribution in [0.1, 0.15) is 5.56 Å². The highest BCUT2D eigenvalue weighted by atomic mass is 15.1. The average molecular weight is 328 g/mol. The highest BCUT2D eigenvalue weighted by Gasteiger charge is 2.13. The van der Waals surface area contributed by atoms with Crippen LogP contribution in [0.5, 0.6) is 0 Å². The molecule has 0 aliphatic carbocycles. The fraction of sp³-hybridized carbons (Fsp3) is 0.105. The predicted molar refractivity (Wildman–Crippen MR) is 98.2 cm³/mol. The van der Waals surface area contributed by atoms with Crippen molar-refractivity contribution in [3.05, 3.63) is 60.3 Å². The highest BCUT2D eigenvalue weighted by Crippen LogP contribution is 2.26. The molecule has 4 rings (SSSR count). The molecule has 0 fully saturated rings. The number of rotatable bonds is 4. The molecule has 2 heterocycles. The lowest BCUT2D eigenvalue weighted by Gasteiger charge is -2.08. The summed E-state index contributed by atoms with van der Waals surface area (Å²) in [5.74, 6) is 0.701. The fourth-order valence-electron chi connectivity index (χ4n) is 2.86. The molecule has 0 bridgehead atoms. The average Bonchev–Trinajstić information content (AvgIpc) is 3.12. The number of fused-ring (bicyclic) bond motifs is 3. The van der Waals surface area contributed by atoms with Gasteiger partial charge in [0.2, 0.25) is 0 Å². The normalized spacial score (nSPS) is 10.9. The van der Waals surface area contributed by atoms with Crippen LogP contribution in [0.15, 0.2) is 54.7 Å². The number of nitrogens with one attached hydrogen (secondary N) is 1. The Kier molecular flexibility index (Phi) is 3.77. The lowest BCUT2D eigenvalue weighted by molar-refractivity contribution is 1.01. The van der Waals surface area contributed by atoms with E-state index >= 15 is 0 Å². The lowest BCUT2D eigenvalue weighted by atomic mass is 10.1. The Labute approximate surface area is 144 Å². The van der Waals surface area contributed by atoms with Crippen molar-refractivity contribution in [3.8, 4) is 17.3 Å². The minimum absolute atomic E-state index is 0.512. The number of hydrogen-bond donors (Lipinski definition) is 2. The molecule has 0 atom stereocenters. The number of nitrogens with zero attached hydrogens (tertiary/aromatic N) is 4. The van der Waals surface area contributed by atoms with Crippen molar-refractivity contribution >= 4 is 22.5 Å². The molecular weight excluding hydrogens is 312 g/mol. The van der Waals surface area contributed by atoms with E-state index in [9.17, 15) is 0 Å². The smallest absolute Gasteiger partial charge is 0.181 e. The third kappa shape index (κ3) is 2.67. The summed E-state index contributed by atoms with van der Waals surface area (Å²) in [6.45, 7) is 1.13. The second kappa shape index (κ2) is 6.23. The van der Waals surface area contributed by atoms with Crippen LogP contribution >= 0.6 is 0 Å². The zero-order chi connectivity index (χ0) is 17.2. The number of nitriles is 1. The SMILES string of the molecule is N#Cc1cccc(-c2cn3c(n2)c(NCCN)nc2ccccc23)c1. The molecular formula is C19H16N6. The van der Waals surface area contributed by atoms with Crippen LogP contribution in [0.2, 0.25) is 0 Å². The summed E-state index contributed by atoms with van der Waals surface area (Å²) in [6, 6.07) is 17.5. The first-order chi connectivity index (χ1) is 12.3. The molecule has 0 saturated heterocycles. The maximum atomic E-state index is 9.12. The maximum absolute atomic E-state index is 9.12. The van der Waals surface area contributed by atoms with Crippen molar-refractivity contribution in [3.63, 3.8) is 0 Å². The van der Waals surface area contributed by atoms with E-state index in [0.717, 1.165) is 27.9 Å². The predicted octanol–water partition coefficient (Wildman–Crippen LogP) is 2.79. The number of aromatic nitrogens is 3. The molecule has 25 heavy (non-hydrogen) atoms. The Balaban J connectivity index is 1.96. The largest absolute Gasteiger partial charge is 0.366 e. The molecule has 2 aromatic heterocycles. The number of imidazole rings is 1. The van der Waals surface area contributed by atoms with Gasteiger partial charge in [-0.1, -0.05) is 24.3 Å². The van der Waals surface area contributed by atoms with E-state index in [0.29, 0.717) is 24.5 Å². The Morgan fingerprint density at radius 2 is 2.00 bits per heavy atom. The molecule has 0 unspecified atom stereocenters. The highest BCUT2D eigenvalue weighted by molar-refractivity contribution is 5.84. The van der Waals surface area contributed by atoms with Crippen LogP contribution in [0.4, 0.5) is 5.82 Å². The maximum Gasteiger partial charge on any atom is 0.181 e. The third-order valence-corrected chi connectivity index (χ3v) is 4.02. The van der Waals surface area contributed by atoms with Gasteiger partial charge >= 0.3 is 0 Å². The van der Waals surface area contributed by atoms with Gasteiger partial charge in [0, 0.05) is 24.8 Å². The number of para-hydroxylation sites is 2.